The van der Waals surface area contributed by atoms with Crippen molar-refractivity contribution in [1.82, 2.24) is 0 Å². The first-order valence-electron chi connectivity index (χ1n) is 7.67. The van der Waals surface area contributed by atoms with Crippen LogP contribution in [0, 0.1) is 28.6 Å². The van der Waals surface area contributed by atoms with Crippen LogP contribution in [0.15, 0.2) is 0 Å². The van der Waals surface area contributed by atoms with E-state index in [1.54, 1.807) is 0 Å². The summed E-state index contributed by atoms with van der Waals surface area (Å²) >= 11 is 0. The van der Waals surface area contributed by atoms with Crippen molar-refractivity contribution >= 4 is 5.97 Å². The lowest BCUT2D eigenvalue weighted by Gasteiger charge is -2.38. The minimum Gasteiger partial charge on any atom is -0.459 e. The predicted molar refractivity (Wildman–Crippen MR) is 73.7 cm³/mol. The standard InChI is InChI=1S/C16H26O4/c1-15(2,3)16(4,5)14(18)20-11-8-6-9-10(7-8)13(17)19-12(9)11/h8-13,17H,6-7H2,1-5H3. The molecule has 4 nitrogen and oxygen atoms in total. The summed E-state index contributed by atoms with van der Waals surface area (Å²) in [7, 11) is 0. The molecule has 114 valence electrons. The van der Waals surface area contributed by atoms with Crippen molar-refractivity contribution < 1.29 is 19.4 Å². The highest BCUT2D eigenvalue weighted by Crippen LogP contribution is 2.57. The highest BCUT2D eigenvalue weighted by molar-refractivity contribution is 5.77. The number of fused-ring (bicyclic) bond motifs is 1. The second-order valence-corrected chi connectivity index (χ2v) is 8.30. The van der Waals surface area contributed by atoms with Gasteiger partial charge in [0.15, 0.2) is 6.29 Å². The maximum absolute atomic E-state index is 12.6. The van der Waals surface area contributed by atoms with Crippen molar-refractivity contribution in [2.75, 3.05) is 0 Å². The zero-order valence-corrected chi connectivity index (χ0v) is 13.1. The van der Waals surface area contributed by atoms with Crippen LogP contribution >= 0.6 is 0 Å². The fraction of sp³-hybridized carbons (Fsp3) is 0.938. The maximum atomic E-state index is 12.6. The molecule has 20 heavy (non-hydrogen) atoms. The van der Waals surface area contributed by atoms with Gasteiger partial charge >= 0.3 is 5.97 Å². The zero-order chi connectivity index (χ0) is 14.9. The molecule has 3 aliphatic rings. The average Bonchev–Trinajstić information content (AvgIpc) is 2.91. The molecule has 0 amide bonds. The molecule has 3 fully saturated rings. The van der Waals surface area contributed by atoms with Crippen molar-refractivity contribution in [3.63, 3.8) is 0 Å². The molecular formula is C16H26O4. The van der Waals surface area contributed by atoms with Crippen molar-refractivity contribution in [2.45, 2.75) is 66.0 Å². The van der Waals surface area contributed by atoms with Crippen molar-refractivity contribution in [3.8, 4) is 0 Å². The molecule has 1 N–H and O–H groups in total. The molecule has 0 aromatic carbocycles. The van der Waals surface area contributed by atoms with Gasteiger partial charge < -0.3 is 14.6 Å². The molecule has 1 saturated heterocycles. The third-order valence-electron chi connectivity index (χ3n) is 6.20. The molecule has 2 saturated carbocycles. The van der Waals surface area contributed by atoms with Crippen LogP contribution in [0.3, 0.4) is 0 Å². The Bertz CT molecular complexity index is 423. The molecule has 2 aliphatic carbocycles. The van der Waals surface area contributed by atoms with Crippen LogP contribution in [0.1, 0.15) is 47.5 Å². The van der Waals surface area contributed by atoms with Gasteiger partial charge in [-0.2, -0.15) is 0 Å². The fourth-order valence-corrected chi connectivity index (χ4v) is 3.81. The number of hydrogen-bond acceptors (Lipinski definition) is 4. The number of esters is 1. The van der Waals surface area contributed by atoms with Gasteiger partial charge in [0, 0.05) is 5.92 Å². The Kier molecular flexibility index (Phi) is 3.01. The fourth-order valence-electron chi connectivity index (χ4n) is 3.81. The first-order chi connectivity index (χ1) is 9.13. The van der Waals surface area contributed by atoms with Crippen LogP contribution in [-0.2, 0) is 14.3 Å². The Labute approximate surface area is 120 Å². The van der Waals surface area contributed by atoms with E-state index in [0.29, 0.717) is 11.8 Å². The third-order valence-corrected chi connectivity index (χ3v) is 6.20. The number of hydrogen-bond donors (Lipinski definition) is 1. The first kappa shape index (κ1) is 14.3. The average molecular weight is 282 g/mol. The van der Waals surface area contributed by atoms with Gasteiger partial charge in [-0.25, -0.2) is 0 Å². The van der Waals surface area contributed by atoms with Crippen LogP contribution in [0.5, 0.6) is 0 Å². The van der Waals surface area contributed by atoms with E-state index in [0.717, 1.165) is 12.8 Å². The Balaban J connectivity index is 1.73. The zero-order valence-electron chi connectivity index (χ0n) is 13.1. The number of carbonyl (C=O) groups is 1. The predicted octanol–water partition coefficient (Wildman–Crippen LogP) is 2.34. The molecule has 4 heteroatoms. The maximum Gasteiger partial charge on any atom is 0.312 e. The van der Waals surface area contributed by atoms with Gasteiger partial charge in [0.05, 0.1) is 5.41 Å². The van der Waals surface area contributed by atoms with E-state index >= 15 is 0 Å². The Hall–Kier alpha value is -0.610. The summed E-state index contributed by atoms with van der Waals surface area (Å²) in [4.78, 5) is 12.6. The lowest BCUT2D eigenvalue weighted by molar-refractivity contribution is -0.179. The monoisotopic (exact) mass is 282 g/mol. The summed E-state index contributed by atoms with van der Waals surface area (Å²) < 4.78 is 11.5. The van der Waals surface area contributed by atoms with E-state index in [9.17, 15) is 9.90 Å². The van der Waals surface area contributed by atoms with Gasteiger partial charge in [-0.15, -0.1) is 0 Å². The van der Waals surface area contributed by atoms with E-state index in [1.165, 1.54) is 0 Å². The summed E-state index contributed by atoms with van der Waals surface area (Å²) in [5, 5.41) is 9.87. The molecule has 0 spiro atoms. The van der Waals surface area contributed by atoms with Crippen molar-refractivity contribution in [1.29, 1.82) is 0 Å². The molecule has 6 atom stereocenters. The lowest BCUT2D eigenvalue weighted by atomic mass is 9.69. The molecule has 2 bridgehead atoms. The van der Waals surface area contributed by atoms with Gasteiger partial charge in [0.2, 0.25) is 0 Å². The SMILES string of the molecule is CC(C)(C)C(C)(C)C(=O)OC1C2CC3C(O)OC1C3C2. The number of aliphatic hydroxyl groups excluding tert-OH is 1. The van der Waals surface area contributed by atoms with Gasteiger partial charge in [-0.3, -0.25) is 4.79 Å². The van der Waals surface area contributed by atoms with Gasteiger partial charge in [-0.1, -0.05) is 20.8 Å². The Morgan fingerprint density at radius 1 is 1.15 bits per heavy atom. The largest absolute Gasteiger partial charge is 0.459 e. The minimum atomic E-state index is -0.658. The molecule has 3 rings (SSSR count). The van der Waals surface area contributed by atoms with E-state index < -0.39 is 11.7 Å². The molecule has 0 aromatic heterocycles. The van der Waals surface area contributed by atoms with Crippen LogP contribution in [0.2, 0.25) is 0 Å². The normalized spacial score (nSPS) is 43.1. The lowest BCUT2D eigenvalue weighted by Crippen LogP contribution is -2.44. The number of ether oxygens (including phenoxy) is 2. The first-order valence-corrected chi connectivity index (χ1v) is 7.67. The summed E-state index contributed by atoms with van der Waals surface area (Å²) in [6, 6.07) is 0. The highest BCUT2D eigenvalue weighted by atomic mass is 16.6. The van der Waals surface area contributed by atoms with Gasteiger partial charge in [0.1, 0.15) is 12.2 Å². The van der Waals surface area contributed by atoms with Crippen molar-refractivity contribution in [2.24, 2.45) is 28.6 Å². The highest BCUT2D eigenvalue weighted by Gasteiger charge is 2.62. The van der Waals surface area contributed by atoms with Crippen LogP contribution in [0.25, 0.3) is 0 Å². The number of carbonyl (C=O) groups excluding carboxylic acids is 1. The molecule has 0 aromatic rings. The third kappa shape index (κ3) is 1.84. The number of rotatable bonds is 2. The second kappa shape index (κ2) is 4.20. The molecule has 1 aliphatic heterocycles. The van der Waals surface area contributed by atoms with Crippen molar-refractivity contribution in [3.05, 3.63) is 0 Å². The summed E-state index contributed by atoms with van der Waals surface area (Å²) in [6.45, 7) is 10.0. The van der Waals surface area contributed by atoms with Gasteiger partial charge in [-0.05, 0) is 43.9 Å². The van der Waals surface area contributed by atoms with Crippen LogP contribution in [-0.4, -0.2) is 29.6 Å². The summed E-state index contributed by atoms with van der Waals surface area (Å²) in [5.41, 5.74) is -0.689. The minimum absolute atomic E-state index is 0.0894. The summed E-state index contributed by atoms with van der Waals surface area (Å²) in [6.07, 6.45) is 1.04. The Morgan fingerprint density at radius 2 is 1.75 bits per heavy atom. The topological polar surface area (TPSA) is 55.8 Å². The summed E-state index contributed by atoms with van der Waals surface area (Å²) in [5.74, 6) is 0.858. The second-order valence-electron chi connectivity index (χ2n) is 8.30. The van der Waals surface area contributed by atoms with E-state index in [2.05, 4.69) is 20.8 Å². The molecule has 6 unspecified atom stereocenters. The van der Waals surface area contributed by atoms with E-state index in [4.69, 9.17) is 9.47 Å². The smallest absolute Gasteiger partial charge is 0.312 e. The number of aliphatic hydroxyl groups is 1. The van der Waals surface area contributed by atoms with Gasteiger partial charge in [0.25, 0.3) is 0 Å². The van der Waals surface area contributed by atoms with Crippen LogP contribution in [0.4, 0.5) is 0 Å². The molecular weight excluding hydrogens is 256 g/mol. The quantitative estimate of drug-likeness (QED) is 0.790. The molecule has 1 heterocycles. The van der Waals surface area contributed by atoms with Crippen LogP contribution < -0.4 is 0 Å². The van der Waals surface area contributed by atoms with E-state index in [1.807, 2.05) is 13.8 Å². The van der Waals surface area contributed by atoms with E-state index in [-0.39, 0.29) is 29.5 Å². The Morgan fingerprint density at radius 3 is 2.35 bits per heavy atom. The molecule has 0 radical (unpaired) electrons.